The van der Waals surface area contributed by atoms with Gasteiger partial charge in [0.2, 0.25) is 0 Å². The second-order valence-corrected chi connectivity index (χ2v) is 7.24. The predicted molar refractivity (Wildman–Crippen MR) is 89.3 cm³/mol. The summed E-state index contributed by atoms with van der Waals surface area (Å²) < 4.78 is 46.9. The Balaban J connectivity index is 2.12. The van der Waals surface area contributed by atoms with E-state index in [-0.39, 0.29) is 27.4 Å². The summed E-state index contributed by atoms with van der Waals surface area (Å²) >= 11 is 12.1. The van der Waals surface area contributed by atoms with Gasteiger partial charge >= 0.3 is 6.01 Å². The zero-order chi connectivity index (χ0) is 18.4. The van der Waals surface area contributed by atoms with E-state index in [1.54, 1.807) is 13.0 Å². The smallest absolute Gasteiger partial charge is 0.319 e. The van der Waals surface area contributed by atoms with E-state index in [9.17, 15) is 12.8 Å². The number of aryl methyl sites for hydroxylation is 1. The van der Waals surface area contributed by atoms with Crippen LogP contribution in [-0.2, 0) is 10.0 Å². The maximum atomic E-state index is 13.8. The molecule has 8 nitrogen and oxygen atoms in total. The Morgan fingerprint density at radius 3 is 2.72 bits per heavy atom. The lowest BCUT2D eigenvalue weighted by molar-refractivity contribution is 0.363. The molecule has 0 saturated carbocycles. The highest BCUT2D eigenvalue weighted by molar-refractivity contribution is 7.92. The molecule has 0 aliphatic heterocycles. The van der Waals surface area contributed by atoms with Crippen molar-refractivity contribution in [1.82, 2.24) is 19.6 Å². The van der Waals surface area contributed by atoms with E-state index in [0.717, 1.165) is 10.7 Å². The molecule has 0 radical (unpaired) electrons. The maximum Gasteiger partial charge on any atom is 0.319 e. The third-order valence-electron chi connectivity index (χ3n) is 3.21. The SMILES string of the molecule is COc1ncc(F)c2nc(S(=O)(=O)Nc3c(Cl)ccc(C)c3Cl)nn12. The van der Waals surface area contributed by atoms with Crippen molar-refractivity contribution in [3.63, 3.8) is 0 Å². The largest absolute Gasteiger partial charge is 0.467 e. The summed E-state index contributed by atoms with van der Waals surface area (Å²) in [6.07, 6.45) is 0.848. The molecule has 3 rings (SSSR count). The molecule has 0 bridgehead atoms. The molecule has 132 valence electrons. The zero-order valence-electron chi connectivity index (χ0n) is 12.8. The number of aromatic nitrogens is 4. The molecule has 1 N–H and O–H groups in total. The number of nitrogens with one attached hydrogen (secondary N) is 1. The minimum atomic E-state index is -4.29. The Bertz CT molecular complexity index is 1090. The summed E-state index contributed by atoms with van der Waals surface area (Å²) in [6, 6.07) is 3.00. The fourth-order valence-electron chi connectivity index (χ4n) is 1.99. The third-order valence-corrected chi connectivity index (χ3v) is 5.14. The van der Waals surface area contributed by atoms with Gasteiger partial charge < -0.3 is 4.74 Å². The molecule has 2 heterocycles. The molecular formula is C13H10Cl2FN5O3S. The first kappa shape index (κ1) is 17.6. The van der Waals surface area contributed by atoms with E-state index >= 15 is 0 Å². The number of sulfonamides is 1. The number of hydrogen-bond donors (Lipinski definition) is 1. The highest BCUT2D eigenvalue weighted by atomic mass is 35.5. The van der Waals surface area contributed by atoms with Crippen LogP contribution < -0.4 is 9.46 Å². The summed E-state index contributed by atoms with van der Waals surface area (Å²) in [5.41, 5.74) is 0.241. The van der Waals surface area contributed by atoms with Crippen LogP contribution in [0.3, 0.4) is 0 Å². The molecule has 25 heavy (non-hydrogen) atoms. The van der Waals surface area contributed by atoms with Gasteiger partial charge in [-0.05, 0) is 18.6 Å². The Morgan fingerprint density at radius 2 is 2.04 bits per heavy atom. The molecule has 0 saturated heterocycles. The highest BCUT2D eigenvalue weighted by Crippen LogP contribution is 2.34. The number of benzene rings is 1. The van der Waals surface area contributed by atoms with E-state index in [2.05, 4.69) is 19.8 Å². The van der Waals surface area contributed by atoms with Crippen LogP contribution in [0, 0.1) is 12.7 Å². The molecule has 0 unspecified atom stereocenters. The van der Waals surface area contributed by atoms with Gasteiger partial charge in [-0.25, -0.2) is 9.37 Å². The summed E-state index contributed by atoms with van der Waals surface area (Å²) in [5, 5.41) is 3.27. The molecule has 3 aromatic rings. The van der Waals surface area contributed by atoms with Gasteiger partial charge in [0.15, 0.2) is 11.5 Å². The number of nitrogens with zero attached hydrogens (tertiary/aromatic N) is 4. The minimum absolute atomic E-state index is 0.0206. The molecular weight excluding hydrogens is 396 g/mol. The van der Waals surface area contributed by atoms with E-state index < -0.39 is 21.0 Å². The Kier molecular flexibility index (Phi) is 4.43. The average molecular weight is 406 g/mol. The summed E-state index contributed by atoms with van der Waals surface area (Å²) in [6.45, 7) is 1.69. The quantitative estimate of drug-likeness (QED) is 0.716. The first-order valence-corrected chi connectivity index (χ1v) is 8.91. The van der Waals surface area contributed by atoms with Crippen LogP contribution in [0.15, 0.2) is 23.5 Å². The molecule has 0 atom stereocenters. The molecule has 2 aromatic heterocycles. The number of anilines is 1. The maximum absolute atomic E-state index is 13.8. The van der Waals surface area contributed by atoms with Gasteiger partial charge in [-0.2, -0.15) is 17.9 Å². The topological polar surface area (TPSA) is 98.5 Å². The van der Waals surface area contributed by atoms with Crippen LogP contribution in [0.5, 0.6) is 6.01 Å². The number of halogens is 3. The summed E-state index contributed by atoms with van der Waals surface area (Å²) in [7, 11) is -3.01. The standard InChI is InChI=1S/C13H10Cl2FN5O3S/c1-6-3-4-7(14)10(9(6)15)20-25(22,23)12-18-11-8(16)5-17-13(24-2)21(11)19-12/h3-5,20H,1-2H3. The van der Waals surface area contributed by atoms with Crippen molar-refractivity contribution in [2.45, 2.75) is 12.1 Å². The molecule has 12 heteroatoms. The Labute approximate surface area is 151 Å². The van der Waals surface area contributed by atoms with Crippen LogP contribution >= 0.6 is 23.2 Å². The summed E-state index contributed by atoms with van der Waals surface area (Å²) in [4.78, 5) is 7.34. The van der Waals surface area contributed by atoms with Gasteiger partial charge in [0.1, 0.15) is 0 Å². The molecule has 0 fully saturated rings. The lowest BCUT2D eigenvalue weighted by Gasteiger charge is -2.10. The molecule has 0 spiro atoms. The van der Waals surface area contributed by atoms with Gasteiger partial charge in [-0.3, -0.25) is 4.72 Å². The van der Waals surface area contributed by atoms with Crippen LogP contribution in [-0.4, -0.2) is 35.1 Å². The highest BCUT2D eigenvalue weighted by Gasteiger charge is 2.25. The van der Waals surface area contributed by atoms with Crippen molar-refractivity contribution in [3.8, 4) is 6.01 Å². The van der Waals surface area contributed by atoms with Crippen LogP contribution in [0.1, 0.15) is 5.56 Å². The minimum Gasteiger partial charge on any atom is -0.467 e. The number of ether oxygens (including phenoxy) is 1. The van der Waals surface area contributed by atoms with Crippen molar-refractivity contribution in [3.05, 3.63) is 39.8 Å². The van der Waals surface area contributed by atoms with Gasteiger partial charge in [-0.15, -0.1) is 5.10 Å². The lowest BCUT2D eigenvalue weighted by atomic mass is 10.2. The zero-order valence-corrected chi connectivity index (χ0v) is 15.1. The Hall–Kier alpha value is -2.17. The molecule has 0 aliphatic carbocycles. The van der Waals surface area contributed by atoms with Gasteiger partial charge in [0.25, 0.3) is 15.2 Å². The van der Waals surface area contributed by atoms with Crippen molar-refractivity contribution >= 4 is 44.6 Å². The molecule has 0 amide bonds. The fourth-order valence-corrected chi connectivity index (χ4v) is 3.53. The summed E-state index contributed by atoms with van der Waals surface area (Å²) in [5.74, 6) is -0.860. The van der Waals surface area contributed by atoms with Crippen LogP contribution in [0.2, 0.25) is 10.0 Å². The average Bonchev–Trinajstić information content (AvgIpc) is 3.03. The molecule has 0 aliphatic rings. The van der Waals surface area contributed by atoms with E-state index in [0.29, 0.717) is 5.56 Å². The number of hydrogen-bond acceptors (Lipinski definition) is 6. The lowest BCUT2D eigenvalue weighted by Crippen LogP contribution is -2.15. The van der Waals surface area contributed by atoms with Crippen molar-refractivity contribution in [2.75, 3.05) is 11.8 Å². The van der Waals surface area contributed by atoms with Crippen molar-refractivity contribution in [2.24, 2.45) is 0 Å². The van der Waals surface area contributed by atoms with Gasteiger partial charge in [-0.1, -0.05) is 29.3 Å². The van der Waals surface area contributed by atoms with Crippen LogP contribution in [0.4, 0.5) is 10.1 Å². The second kappa shape index (κ2) is 6.28. The number of methoxy groups -OCH3 is 1. The first-order valence-electron chi connectivity index (χ1n) is 6.67. The van der Waals surface area contributed by atoms with Crippen molar-refractivity contribution < 1.29 is 17.5 Å². The van der Waals surface area contributed by atoms with Gasteiger partial charge in [0, 0.05) is 0 Å². The fraction of sp³-hybridized carbons (Fsp3) is 0.154. The van der Waals surface area contributed by atoms with Gasteiger partial charge in [0.05, 0.1) is 29.0 Å². The van der Waals surface area contributed by atoms with E-state index in [4.69, 9.17) is 27.9 Å². The predicted octanol–water partition coefficient (Wildman–Crippen LogP) is 2.69. The van der Waals surface area contributed by atoms with E-state index in [1.165, 1.54) is 13.2 Å². The normalized spacial score (nSPS) is 11.7. The third kappa shape index (κ3) is 3.08. The van der Waals surface area contributed by atoms with Crippen LogP contribution in [0.25, 0.3) is 5.65 Å². The van der Waals surface area contributed by atoms with E-state index in [1.807, 2.05) is 0 Å². The Morgan fingerprint density at radius 1 is 1.32 bits per heavy atom. The monoisotopic (exact) mass is 405 g/mol. The molecule has 1 aromatic carbocycles. The first-order chi connectivity index (χ1) is 11.7. The number of rotatable bonds is 4. The number of fused-ring (bicyclic) bond motifs is 1. The van der Waals surface area contributed by atoms with Crippen molar-refractivity contribution in [1.29, 1.82) is 0 Å². The second-order valence-electron chi connectivity index (χ2n) is 4.88.